The van der Waals surface area contributed by atoms with Gasteiger partial charge in [0.15, 0.2) is 28.8 Å². The number of nitrogens with two attached hydrogens (primary N) is 1. The molecular weight excluding hydrogens is 889 g/mol. The Bertz CT molecular complexity index is 3180. The van der Waals surface area contributed by atoms with Gasteiger partial charge in [-0.25, -0.2) is 0 Å². The van der Waals surface area contributed by atoms with Crippen molar-refractivity contribution in [3.63, 3.8) is 0 Å². The number of aromatic nitrogens is 4. The molecule has 354 valence electrons. The minimum atomic E-state index is -3.97. The first-order valence-electron chi connectivity index (χ1n) is 22.8. The standard InChI is InChI=1S/C28H27N3O4S.C27H29N3O3/c1-19-9-12-22(13-10-19)36(32,33)31-24-18-28(20-7-5-4-6-8-20,16-15-23(24)27(29)30-31)21-11-14-25(34-2)26(17-21)35-3;1-31-23-13-12-20(16-24(23)32-2)27(19-10-5-4-6-11-19)15-14-21-22(17-27)28-29-26(21)25(30-33-3)18-8-7-9-18/h4-17H,18H2,1-3H3,(H2,29,30);4-6,10-16,18H,7-9,17H2,1-3H3,(H,28,29). The maximum atomic E-state index is 13.7. The Morgan fingerprint density at radius 3 is 1.72 bits per heavy atom. The van der Waals surface area contributed by atoms with E-state index in [1.165, 1.54) is 12.0 Å². The molecule has 0 saturated heterocycles. The van der Waals surface area contributed by atoms with Crippen molar-refractivity contribution in [3.05, 3.63) is 190 Å². The third kappa shape index (κ3) is 8.43. The van der Waals surface area contributed by atoms with Gasteiger partial charge in [0.1, 0.15) is 18.5 Å². The van der Waals surface area contributed by atoms with Gasteiger partial charge in [0.2, 0.25) is 0 Å². The largest absolute Gasteiger partial charge is 0.493 e. The van der Waals surface area contributed by atoms with E-state index >= 15 is 0 Å². The quantitative estimate of drug-likeness (QED) is 0.0840. The monoisotopic (exact) mass is 944 g/mol. The first kappa shape index (κ1) is 46.5. The maximum absolute atomic E-state index is 13.7. The van der Waals surface area contributed by atoms with Crippen molar-refractivity contribution in [2.24, 2.45) is 11.1 Å². The average molecular weight is 945 g/mol. The molecule has 10 rings (SSSR count). The SMILES string of the molecule is CON=C(c1n[nH]c2c1C=CC(c1ccccc1)(c1ccc(OC)c(OC)c1)C2)C1CCC1.COc1ccc(C2(c3ccccc3)C=Cc3c(N)nn(S(=O)(=O)c4ccc(C)cc4)c3C2)cc1OC. The number of ether oxygens (including phenoxy) is 4. The number of aryl methyl sites for hydroxylation is 1. The van der Waals surface area contributed by atoms with Crippen LogP contribution in [0.3, 0.4) is 0 Å². The van der Waals surface area contributed by atoms with Crippen molar-refractivity contribution in [1.29, 1.82) is 0 Å². The number of H-pyrrole nitrogens is 1. The van der Waals surface area contributed by atoms with Crippen LogP contribution in [0, 0.1) is 12.8 Å². The van der Waals surface area contributed by atoms with E-state index < -0.39 is 15.4 Å². The maximum Gasteiger partial charge on any atom is 0.283 e. The average Bonchev–Trinajstić information content (AvgIpc) is 3.95. The van der Waals surface area contributed by atoms with Crippen LogP contribution in [0.25, 0.3) is 12.2 Å². The molecule has 1 saturated carbocycles. The summed E-state index contributed by atoms with van der Waals surface area (Å²) in [5.74, 6) is 3.22. The summed E-state index contributed by atoms with van der Waals surface area (Å²) in [6.07, 6.45) is 13.0. The van der Waals surface area contributed by atoms with Crippen LogP contribution in [-0.4, -0.2) is 69.1 Å². The Kier molecular flexibility index (Phi) is 12.9. The number of methoxy groups -OCH3 is 4. The number of aromatic amines is 1. The molecule has 2 unspecified atom stereocenters. The van der Waals surface area contributed by atoms with Crippen molar-refractivity contribution >= 4 is 33.7 Å². The number of nitrogens with one attached hydrogen (secondary N) is 1. The second kappa shape index (κ2) is 19.2. The molecular formula is C55H56N6O7S. The van der Waals surface area contributed by atoms with E-state index in [0.717, 1.165) is 74.0 Å². The van der Waals surface area contributed by atoms with E-state index in [-0.39, 0.29) is 16.1 Å². The highest BCUT2D eigenvalue weighted by molar-refractivity contribution is 7.89. The van der Waals surface area contributed by atoms with E-state index in [1.807, 2.05) is 73.7 Å². The number of hydrogen-bond donors (Lipinski definition) is 2. The Morgan fingerprint density at radius 1 is 0.681 bits per heavy atom. The molecule has 7 aromatic rings. The van der Waals surface area contributed by atoms with Crippen molar-refractivity contribution in [1.82, 2.24) is 19.4 Å². The number of nitrogen functional groups attached to an aromatic ring is 1. The summed E-state index contributed by atoms with van der Waals surface area (Å²) >= 11 is 0. The molecule has 0 amide bonds. The van der Waals surface area contributed by atoms with E-state index in [0.29, 0.717) is 40.8 Å². The highest BCUT2D eigenvalue weighted by Gasteiger charge is 2.41. The summed E-state index contributed by atoms with van der Waals surface area (Å²) in [6.45, 7) is 1.91. The lowest BCUT2D eigenvalue weighted by atomic mass is 9.68. The van der Waals surface area contributed by atoms with Crippen molar-refractivity contribution in [2.45, 2.75) is 54.8 Å². The smallest absolute Gasteiger partial charge is 0.283 e. The van der Waals surface area contributed by atoms with Gasteiger partial charge in [-0.3, -0.25) is 5.10 Å². The molecule has 2 heterocycles. The van der Waals surface area contributed by atoms with Gasteiger partial charge < -0.3 is 29.5 Å². The predicted octanol–water partition coefficient (Wildman–Crippen LogP) is 9.72. The molecule has 13 nitrogen and oxygen atoms in total. The fourth-order valence-electron chi connectivity index (χ4n) is 9.74. The Morgan fingerprint density at radius 2 is 1.22 bits per heavy atom. The molecule has 2 aromatic heterocycles. The predicted molar refractivity (Wildman–Crippen MR) is 269 cm³/mol. The van der Waals surface area contributed by atoms with Crippen LogP contribution in [0.15, 0.2) is 144 Å². The third-order valence-electron chi connectivity index (χ3n) is 13.7. The Hall–Kier alpha value is -7.58. The zero-order valence-corrected chi connectivity index (χ0v) is 40.4. The van der Waals surface area contributed by atoms with Crippen LogP contribution in [-0.2, 0) is 38.5 Å². The number of allylic oxidation sites excluding steroid dienone is 2. The van der Waals surface area contributed by atoms with Crippen molar-refractivity contribution < 1.29 is 32.2 Å². The molecule has 0 aliphatic heterocycles. The zero-order chi connectivity index (χ0) is 48.3. The lowest BCUT2D eigenvalue weighted by Gasteiger charge is -2.35. The molecule has 1 fully saturated rings. The van der Waals surface area contributed by atoms with Gasteiger partial charge in [0.05, 0.1) is 39.0 Å². The number of nitrogens with zero attached hydrogens (tertiary/aromatic N) is 4. The molecule has 3 N–H and O–H groups in total. The van der Waals surface area contributed by atoms with Gasteiger partial charge >= 0.3 is 0 Å². The molecule has 3 aliphatic carbocycles. The first-order chi connectivity index (χ1) is 33.5. The number of benzene rings is 5. The molecule has 0 spiro atoms. The van der Waals surface area contributed by atoms with Crippen LogP contribution in [0.4, 0.5) is 5.82 Å². The lowest BCUT2D eigenvalue weighted by Crippen LogP contribution is -2.32. The third-order valence-corrected chi connectivity index (χ3v) is 15.3. The topological polar surface area (TPSA) is 165 Å². The molecule has 2 atom stereocenters. The van der Waals surface area contributed by atoms with Gasteiger partial charge in [-0.2, -0.15) is 17.6 Å². The van der Waals surface area contributed by atoms with E-state index in [1.54, 1.807) is 59.8 Å². The van der Waals surface area contributed by atoms with Crippen molar-refractivity contribution in [3.8, 4) is 23.0 Å². The van der Waals surface area contributed by atoms with E-state index in [9.17, 15) is 8.42 Å². The number of rotatable bonds is 13. The van der Waals surface area contributed by atoms with Crippen molar-refractivity contribution in [2.75, 3.05) is 41.3 Å². The number of fused-ring (bicyclic) bond motifs is 2. The fourth-order valence-corrected chi connectivity index (χ4v) is 11.1. The van der Waals surface area contributed by atoms with E-state index in [2.05, 4.69) is 70.0 Å². The highest BCUT2D eigenvalue weighted by Crippen LogP contribution is 2.47. The van der Waals surface area contributed by atoms with Crippen LogP contribution in [0.1, 0.15) is 75.3 Å². The number of hydrogen-bond acceptors (Lipinski definition) is 11. The molecule has 0 radical (unpaired) electrons. The minimum Gasteiger partial charge on any atom is -0.493 e. The molecule has 5 aromatic carbocycles. The zero-order valence-electron chi connectivity index (χ0n) is 39.6. The summed E-state index contributed by atoms with van der Waals surface area (Å²) in [7, 11) is 4.15. The summed E-state index contributed by atoms with van der Waals surface area (Å²) in [4.78, 5) is 5.34. The summed E-state index contributed by atoms with van der Waals surface area (Å²) in [6, 6.07) is 39.2. The van der Waals surface area contributed by atoms with Gasteiger partial charge in [-0.15, -0.1) is 5.10 Å². The summed E-state index contributed by atoms with van der Waals surface area (Å²) < 4.78 is 50.6. The van der Waals surface area contributed by atoms with Gasteiger partial charge in [-0.1, -0.05) is 126 Å². The second-order valence-electron chi connectivity index (χ2n) is 17.5. The normalized spacial score (nSPS) is 18.5. The Labute approximate surface area is 403 Å². The molecule has 0 bridgehead atoms. The van der Waals surface area contributed by atoms with Crippen LogP contribution < -0.4 is 24.7 Å². The number of oxime groups is 1. The fraction of sp³-hybridized carbons (Fsp3) is 0.255. The van der Waals surface area contributed by atoms with E-state index in [4.69, 9.17) is 34.6 Å². The molecule has 69 heavy (non-hydrogen) atoms. The van der Waals surface area contributed by atoms with Crippen LogP contribution in [0.5, 0.6) is 23.0 Å². The summed E-state index contributed by atoms with van der Waals surface area (Å²) in [5.41, 5.74) is 15.6. The second-order valence-corrected chi connectivity index (χ2v) is 19.3. The Balaban J connectivity index is 0.000000172. The highest BCUT2D eigenvalue weighted by atomic mass is 32.2. The number of anilines is 1. The van der Waals surface area contributed by atoms with Crippen LogP contribution >= 0.6 is 0 Å². The van der Waals surface area contributed by atoms with Gasteiger partial charge in [0, 0.05) is 46.4 Å². The molecule has 14 heteroatoms. The van der Waals surface area contributed by atoms with Crippen LogP contribution in [0.2, 0.25) is 0 Å². The summed E-state index contributed by atoms with van der Waals surface area (Å²) in [5, 5.41) is 16.7. The molecule has 3 aliphatic rings. The lowest BCUT2D eigenvalue weighted by molar-refractivity contribution is 0.208. The minimum absolute atomic E-state index is 0.157. The first-order valence-corrected chi connectivity index (χ1v) is 24.3. The van der Waals surface area contributed by atoms with Gasteiger partial charge in [-0.05, 0) is 78.4 Å². The van der Waals surface area contributed by atoms with Gasteiger partial charge in [0.25, 0.3) is 10.0 Å².